The van der Waals surface area contributed by atoms with E-state index in [1.165, 1.54) is 18.2 Å². The molecule has 0 atom stereocenters. The molecule has 0 heterocycles. The van der Waals surface area contributed by atoms with E-state index < -0.39 is 17.6 Å². The lowest BCUT2D eigenvalue weighted by Gasteiger charge is -2.18. The molecule has 3 aromatic carbocycles. The first-order chi connectivity index (χ1) is 13.8. The predicted octanol–water partition coefficient (Wildman–Crippen LogP) is 4.94. The van der Waals surface area contributed by atoms with Crippen LogP contribution in [-0.2, 0) is 17.5 Å². The molecule has 0 aliphatic heterocycles. The molecule has 0 bridgehead atoms. The Balaban J connectivity index is 1.64. The van der Waals surface area contributed by atoms with Crippen molar-refractivity contribution in [2.24, 2.45) is 0 Å². The second kappa shape index (κ2) is 8.53. The molecule has 0 aliphatic carbocycles. The average Bonchev–Trinajstić information content (AvgIpc) is 2.66. The van der Waals surface area contributed by atoms with Crippen LogP contribution in [0.1, 0.15) is 11.1 Å². The molecular weight excluding hydrogens is 381 g/mol. The Hall–Kier alpha value is -3.06. The number of rotatable bonds is 6. The molecule has 7 heteroatoms. The highest BCUT2D eigenvalue weighted by Gasteiger charge is 2.33. The third-order valence-corrected chi connectivity index (χ3v) is 4.48. The number of nitrogens with zero attached hydrogens (tertiary/aromatic N) is 1. The van der Waals surface area contributed by atoms with Crippen LogP contribution in [0.15, 0.2) is 60.7 Å². The summed E-state index contributed by atoms with van der Waals surface area (Å²) >= 11 is 0. The fourth-order valence-corrected chi connectivity index (χ4v) is 3.14. The second-order valence-electron chi connectivity index (χ2n) is 6.81. The number of carbonyl (C=O) groups excluding carboxylic acids is 1. The van der Waals surface area contributed by atoms with E-state index in [0.717, 1.165) is 28.2 Å². The molecule has 1 amide bonds. The molecule has 0 radical (unpaired) electrons. The summed E-state index contributed by atoms with van der Waals surface area (Å²) in [5, 5.41) is 4.44. The van der Waals surface area contributed by atoms with Crippen LogP contribution >= 0.6 is 0 Å². The quantitative estimate of drug-likeness (QED) is 0.635. The Labute approximate surface area is 166 Å². The highest BCUT2D eigenvalue weighted by molar-refractivity contribution is 5.93. The molecule has 0 saturated carbocycles. The molecule has 0 aliphatic rings. The van der Waals surface area contributed by atoms with Crippen LogP contribution in [0.25, 0.3) is 10.8 Å². The van der Waals surface area contributed by atoms with E-state index in [0.29, 0.717) is 6.54 Å². The van der Waals surface area contributed by atoms with Gasteiger partial charge in [0.15, 0.2) is 0 Å². The van der Waals surface area contributed by atoms with E-state index in [9.17, 15) is 18.0 Å². The van der Waals surface area contributed by atoms with Crippen molar-refractivity contribution in [2.45, 2.75) is 12.7 Å². The Bertz CT molecular complexity index is 1020. The maximum atomic E-state index is 13.1. The van der Waals surface area contributed by atoms with Crippen molar-refractivity contribution in [2.75, 3.05) is 26.0 Å². The van der Waals surface area contributed by atoms with E-state index in [1.807, 2.05) is 36.4 Å². The first kappa shape index (κ1) is 20.7. The zero-order valence-electron chi connectivity index (χ0n) is 16.1. The summed E-state index contributed by atoms with van der Waals surface area (Å²) in [6.45, 7) is 0.448. The van der Waals surface area contributed by atoms with Gasteiger partial charge in [0.2, 0.25) is 5.91 Å². The summed E-state index contributed by atoms with van der Waals surface area (Å²) in [5.41, 5.74) is -0.104. The number of alkyl halides is 3. The molecular formula is C22H21F3N2O2. The number of nitrogens with one attached hydrogen (secondary N) is 1. The molecule has 0 unspecified atom stereocenters. The van der Waals surface area contributed by atoms with E-state index in [4.69, 9.17) is 4.74 Å². The Morgan fingerprint density at radius 1 is 1.03 bits per heavy atom. The van der Waals surface area contributed by atoms with Gasteiger partial charge in [-0.1, -0.05) is 30.3 Å². The van der Waals surface area contributed by atoms with Gasteiger partial charge in [-0.15, -0.1) is 0 Å². The normalized spacial score (nSPS) is 11.7. The minimum absolute atomic E-state index is 0.0349. The van der Waals surface area contributed by atoms with E-state index >= 15 is 0 Å². The number of hydrogen-bond donors (Lipinski definition) is 1. The number of hydrogen-bond acceptors (Lipinski definition) is 3. The number of ether oxygens (including phenoxy) is 1. The van der Waals surface area contributed by atoms with Crippen molar-refractivity contribution in [3.63, 3.8) is 0 Å². The summed E-state index contributed by atoms with van der Waals surface area (Å²) < 4.78 is 44.4. The Morgan fingerprint density at radius 2 is 1.72 bits per heavy atom. The predicted molar refractivity (Wildman–Crippen MR) is 107 cm³/mol. The molecule has 4 nitrogen and oxygen atoms in total. The molecule has 0 saturated heterocycles. The third-order valence-electron chi connectivity index (χ3n) is 4.48. The molecule has 0 aromatic heterocycles. The fraction of sp³-hybridized carbons (Fsp3) is 0.227. The fourth-order valence-electron chi connectivity index (χ4n) is 3.14. The van der Waals surface area contributed by atoms with Gasteiger partial charge in [0.25, 0.3) is 0 Å². The highest BCUT2D eigenvalue weighted by atomic mass is 19.4. The van der Waals surface area contributed by atoms with E-state index in [2.05, 4.69) is 5.32 Å². The lowest BCUT2D eigenvalue weighted by Crippen LogP contribution is -2.30. The van der Waals surface area contributed by atoms with Gasteiger partial charge in [0.1, 0.15) is 5.75 Å². The molecule has 0 fully saturated rings. The third kappa shape index (κ3) is 5.26. The largest absolute Gasteiger partial charge is 0.497 e. The lowest BCUT2D eigenvalue weighted by atomic mass is 10.1. The van der Waals surface area contributed by atoms with Gasteiger partial charge in [-0.3, -0.25) is 9.69 Å². The van der Waals surface area contributed by atoms with Crippen molar-refractivity contribution in [3.05, 3.63) is 71.8 Å². The molecule has 0 spiro atoms. The van der Waals surface area contributed by atoms with Gasteiger partial charge in [-0.25, -0.2) is 0 Å². The Morgan fingerprint density at radius 3 is 2.45 bits per heavy atom. The molecule has 29 heavy (non-hydrogen) atoms. The molecule has 1 N–H and O–H groups in total. The van der Waals surface area contributed by atoms with Gasteiger partial charge >= 0.3 is 6.18 Å². The highest BCUT2D eigenvalue weighted by Crippen LogP contribution is 2.34. The van der Waals surface area contributed by atoms with Gasteiger partial charge < -0.3 is 10.1 Å². The second-order valence-corrected chi connectivity index (χ2v) is 6.81. The molecule has 3 rings (SSSR count). The number of amides is 1. The van der Waals surface area contributed by atoms with E-state index in [-0.39, 0.29) is 12.2 Å². The van der Waals surface area contributed by atoms with Crippen LogP contribution in [0.4, 0.5) is 18.9 Å². The van der Waals surface area contributed by atoms with Crippen molar-refractivity contribution in [3.8, 4) is 5.75 Å². The van der Waals surface area contributed by atoms with Crippen LogP contribution in [0.5, 0.6) is 5.75 Å². The summed E-state index contributed by atoms with van der Waals surface area (Å²) in [4.78, 5) is 14.0. The number of methoxy groups -OCH3 is 1. The van der Waals surface area contributed by atoms with Gasteiger partial charge in [-0.05, 0) is 53.7 Å². The number of likely N-dealkylation sites (N-methyl/N-ethyl adjacent to an activating group) is 1. The first-order valence-corrected chi connectivity index (χ1v) is 8.97. The van der Waals surface area contributed by atoms with Crippen molar-refractivity contribution >= 4 is 22.4 Å². The number of carbonyl (C=O) groups is 1. The number of anilines is 1. The Kier molecular flexibility index (Phi) is 6.08. The maximum absolute atomic E-state index is 13.1. The molecule has 152 valence electrons. The van der Waals surface area contributed by atoms with Crippen LogP contribution < -0.4 is 10.1 Å². The zero-order valence-corrected chi connectivity index (χ0v) is 16.1. The van der Waals surface area contributed by atoms with Crippen LogP contribution in [0, 0.1) is 0 Å². The van der Waals surface area contributed by atoms with Crippen LogP contribution in [0.2, 0.25) is 0 Å². The van der Waals surface area contributed by atoms with E-state index in [1.54, 1.807) is 19.1 Å². The number of fused-ring (bicyclic) bond motifs is 1. The monoisotopic (exact) mass is 402 g/mol. The maximum Gasteiger partial charge on any atom is 0.418 e. The van der Waals surface area contributed by atoms with Gasteiger partial charge in [0, 0.05) is 6.54 Å². The minimum atomic E-state index is -4.52. The van der Waals surface area contributed by atoms with Crippen molar-refractivity contribution in [1.29, 1.82) is 0 Å². The smallest absolute Gasteiger partial charge is 0.418 e. The molecule has 3 aromatic rings. The topological polar surface area (TPSA) is 41.6 Å². The van der Waals surface area contributed by atoms with Crippen LogP contribution in [0.3, 0.4) is 0 Å². The SMILES string of the molecule is COc1ccc2cc(CN(C)CC(=O)Nc3ccccc3C(F)(F)F)ccc2c1. The summed E-state index contributed by atoms with van der Waals surface area (Å²) in [5.74, 6) is 0.271. The number of para-hydroxylation sites is 1. The van der Waals surface area contributed by atoms with Gasteiger partial charge in [0.05, 0.1) is 24.9 Å². The van der Waals surface area contributed by atoms with Gasteiger partial charge in [-0.2, -0.15) is 13.2 Å². The summed E-state index contributed by atoms with van der Waals surface area (Å²) in [6, 6.07) is 16.7. The average molecular weight is 402 g/mol. The summed E-state index contributed by atoms with van der Waals surface area (Å²) in [6.07, 6.45) is -4.52. The minimum Gasteiger partial charge on any atom is -0.497 e. The summed E-state index contributed by atoms with van der Waals surface area (Å²) in [7, 11) is 3.36. The van der Waals surface area contributed by atoms with Crippen molar-refractivity contribution < 1.29 is 22.7 Å². The number of halogens is 3. The van der Waals surface area contributed by atoms with Crippen molar-refractivity contribution in [1.82, 2.24) is 4.90 Å². The number of benzene rings is 3. The standard InChI is InChI=1S/C22H21F3N2O2/c1-27(13-15-7-8-17-12-18(29-2)10-9-16(17)11-15)14-21(28)26-20-6-4-3-5-19(20)22(23,24)25/h3-12H,13-14H2,1-2H3,(H,26,28). The van der Waals surface area contributed by atoms with Crippen LogP contribution in [-0.4, -0.2) is 31.5 Å². The lowest BCUT2D eigenvalue weighted by molar-refractivity contribution is -0.137. The first-order valence-electron chi connectivity index (χ1n) is 8.97. The zero-order chi connectivity index (χ0) is 21.0.